The summed E-state index contributed by atoms with van der Waals surface area (Å²) in [7, 11) is 0. The van der Waals surface area contributed by atoms with E-state index in [0.717, 1.165) is 0 Å². The first-order valence-electron chi connectivity index (χ1n) is 6.51. The summed E-state index contributed by atoms with van der Waals surface area (Å²) in [6.45, 7) is 0. The van der Waals surface area contributed by atoms with Crippen molar-refractivity contribution in [3.63, 3.8) is 0 Å². The summed E-state index contributed by atoms with van der Waals surface area (Å²) >= 11 is 0. The van der Waals surface area contributed by atoms with Crippen LogP contribution in [-0.4, -0.2) is 32.4 Å². The largest absolute Gasteiger partial charge is 0.494 e. The molecule has 1 saturated heterocycles. The van der Waals surface area contributed by atoms with E-state index in [-0.39, 0.29) is 11.1 Å². The normalized spacial score (nSPS) is 19.2. The van der Waals surface area contributed by atoms with Gasteiger partial charge in [-0.15, -0.1) is 0 Å². The number of hydrogen-bond donors (Lipinski definition) is 6. The van der Waals surface area contributed by atoms with Gasteiger partial charge in [-0.25, -0.2) is 10.3 Å². The third-order valence-corrected chi connectivity index (χ3v) is 3.29. The number of ether oxygens (including phenoxy) is 1. The van der Waals surface area contributed by atoms with Crippen molar-refractivity contribution in [2.45, 2.75) is 12.3 Å². The third kappa shape index (κ3) is 2.93. The quantitative estimate of drug-likeness (QED) is 0.249. The Morgan fingerprint density at radius 2 is 1.87 bits per heavy atom. The minimum Gasteiger partial charge on any atom is -0.494 e. The van der Waals surface area contributed by atoms with Gasteiger partial charge in [-0.2, -0.15) is 0 Å². The number of aromatic amines is 2. The van der Waals surface area contributed by atoms with Crippen LogP contribution in [0.5, 0.6) is 5.88 Å². The van der Waals surface area contributed by atoms with Crippen molar-refractivity contribution in [3.8, 4) is 5.88 Å². The summed E-state index contributed by atoms with van der Waals surface area (Å²) in [5.74, 6) is -1.18. The number of nitrogens with one attached hydrogen (secondary N) is 4. The molecular weight excluding hydrogens is 308 g/mol. The zero-order valence-electron chi connectivity index (χ0n) is 11.5. The minimum atomic E-state index is -0.806. The molecule has 2 unspecified atom stereocenters. The van der Waals surface area contributed by atoms with Crippen LogP contribution in [0, 0.1) is 0 Å². The summed E-state index contributed by atoms with van der Waals surface area (Å²) in [4.78, 5) is 38.0. The summed E-state index contributed by atoms with van der Waals surface area (Å²) in [6, 6.07) is 6.13. The number of epoxide rings is 1. The van der Waals surface area contributed by atoms with Gasteiger partial charge in [0, 0.05) is 11.3 Å². The maximum Gasteiger partial charge on any atom is 0.328 e. The number of H-pyrrole nitrogens is 2. The molecule has 1 aliphatic rings. The van der Waals surface area contributed by atoms with E-state index in [4.69, 9.17) is 9.94 Å². The lowest BCUT2D eigenvalue weighted by molar-refractivity contribution is 0.0706. The Hall–Kier alpha value is -3.11. The molecule has 0 saturated carbocycles. The molecule has 10 nitrogen and oxygen atoms in total. The highest BCUT2D eigenvalue weighted by Crippen LogP contribution is 2.39. The molecule has 1 amide bonds. The second kappa shape index (κ2) is 5.59. The standard InChI is InChI=1S/C13H12N4O6/c18-9(17-22)5-1-3-6(4-2-5)14-12-8(23-12)7-10(19)15-13(21)16-11(7)20/h1-4,8,12,14,22H,(H,17,18)(H3,15,16,19,20,21). The Bertz CT molecular complexity index is 856. The lowest BCUT2D eigenvalue weighted by Gasteiger charge is -2.04. The lowest BCUT2D eigenvalue weighted by atomic mass is 10.2. The van der Waals surface area contributed by atoms with Crippen molar-refractivity contribution in [1.29, 1.82) is 0 Å². The third-order valence-electron chi connectivity index (χ3n) is 3.29. The van der Waals surface area contributed by atoms with E-state index in [1.54, 1.807) is 12.1 Å². The van der Waals surface area contributed by atoms with Crippen molar-refractivity contribution in [3.05, 3.63) is 56.2 Å². The molecule has 6 N–H and O–H groups in total. The van der Waals surface area contributed by atoms with E-state index < -0.39 is 35.4 Å². The Balaban J connectivity index is 1.72. The molecule has 1 fully saturated rings. The van der Waals surface area contributed by atoms with Gasteiger partial charge in [0.1, 0.15) is 11.7 Å². The first-order chi connectivity index (χ1) is 11.0. The second-order valence-electron chi connectivity index (χ2n) is 4.81. The van der Waals surface area contributed by atoms with Gasteiger partial charge in [0.25, 0.3) is 11.5 Å². The zero-order chi connectivity index (χ0) is 16.6. The van der Waals surface area contributed by atoms with Crippen molar-refractivity contribution in [1.82, 2.24) is 15.4 Å². The second-order valence-corrected chi connectivity index (χ2v) is 4.81. The molecule has 0 radical (unpaired) electrons. The molecule has 0 bridgehead atoms. The number of benzene rings is 1. The van der Waals surface area contributed by atoms with Crippen LogP contribution >= 0.6 is 0 Å². The van der Waals surface area contributed by atoms with Gasteiger partial charge in [-0.3, -0.25) is 24.8 Å². The molecule has 10 heteroatoms. The fourth-order valence-corrected chi connectivity index (χ4v) is 2.14. The number of aromatic hydroxyl groups is 1. The molecular formula is C13H12N4O6. The predicted octanol–water partition coefficient (Wildman–Crippen LogP) is -0.603. The van der Waals surface area contributed by atoms with Crippen LogP contribution in [0.4, 0.5) is 5.69 Å². The minimum absolute atomic E-state index is 0.0709. The molecule has 2 heterocycles. The number of aromatic nitrogens is 2. The predicted molar refractivity (Wildman–Crippen MR) is 76.3 cm³/mol. The fourth-order valence-electron chi connectivity index (χ4n) is 2.14. The van der Waals surface area contributed by atoms with Gasteiger partial charge >= 0.3 is 5.69 Å². The van der Waals surface area contributed by atoms with Gasteiger partial charge in [0.05, 0.1) is 0 Å². The van der Waals surface area contributed by atoms with E-state index in [2.05, 4.69) is 10.3 Å². The van der Waals surface area contributed by atoms with Gasteiger partial charge in [-0.1, -0.05) is 0 Å². The van der Waals surface area contributed by atoms with E-state index in [0.29, 0.717) is 5.69 Å². The van der Waals surface area contributed by atoms with Gasteiger partial charge in [0.15, 0.2) is 6.23 Å². The van der Waals surface area contributed by atoms with Crippen LogP contribution in [0.1, 0.15) is 22.0 Å². The Kier molecular flexibility index (Phi) is 3.60. The molecule has 23 heavy (non-hydrogen) atoms. The number of rotatable bonds is 4. The first kappa shape index (κ1) is 14.8. The molecule has 2 atom stereocenters. The van der Waals surface area contributed by atoms with Crippen molar-refractivity contribution < 1.29 is 19.8 Å². The van der Waals surface area contributed by atoms with E-state index in [9.17, 15) is 19.5 Å². The van der Waals surface area contributed by atoms with E-state index in [1.165, 1.54) is 17.6 Å². The number of amides is 1. The summed E-state index contributed by atoms with van der Waals surface area (Å²) < 4.78 is 5.27. The highest BCUT2D eigenvalue weighted by atomic mass is 16.6. The van der Waals surface area contributed by atoms with Crippen LogP contribution in [0.2, 0.25) is 0 Å². The SMILES string of the molecule is O=C(NO)c1ccc(NC2OC2c2c(O)[nH]c(=O)[nH]c2=O)cc1. The molecule has 2 aromatic rings. The van der Waals surface area contributed by atoms with Crippen LogP contribution in [-0.2, 0) is 4.74 Å². The van der Waals surface area contributed by atoms with Gasteiger partial charge < -0.3 is 15.2 Å². The topological polar surface area (TPSA) is 160 Å². The monoisotopic (exact) mass is 320 g/mol. The maximum absolute atomic E-state index is 11.7. The van der Waals surface area contributed by atoms with E-state index in [1.807, 2.05) is 4.98 Å². The molecule has 0 spiro atoms. The fraction of sp³-hybridized carbons (Fsp3) is 0.154. The summed E-state index contributed by atoms with van der Waals surface area (Å²) in [5.41, 5.74) is 0.786. The van der Waals surface area contributed by atoms with Crippen molar-refractivity contribution in [2.75, 3.05) is 5.32 Å². The molecule has 3 rings (SSSR count). The summed E-state index contributed by atoms with van der Waals surface area (Å²) in [5, 5.41) is 21.1. The number of carbonyl (C=O) groups excluding carboxylic acids is 1. The number of carbonyl (C=O) groups is 1. The zero-order valence-corrected chi connectivity index (χ0v) is 11.5. The smallest absolute Gasteiger partial charge is 0.328 e. The molecule has 1 aromatic heterocycles. The Morgan fingerprint density at radius 1 is 1.17 bits per heavy atom. The summed E-state index contributed by atoms with van der Waals surface area (Å²) in [6.07, 6.45) is -1.28. The van der Waals surface area contributed by atoms with Crippen LogP contribution in [0.15, 0.2) is 33.9 Å². The molecule has 120 valence electrons. The maximum atomic E-state index is 11.7. The van der Waals surface area contributed by atoms with Crippen LogP contribution < -0.4 is 22.0 Å². The number of anilines is 1. The lowest BCUT2D eigenvalue weighted by Crippen LogP contribution is -2.25. The Labute approximate surface area is 127 Å². The van der Waals surface area contributed by atoms with Crippen molar-refractivity contribution >= 4 is 11.6 Å². The van der Waals surface area contributed by atoms with E-state index >= 15 is 0 Å². The van der Waals surface area contributed by atoms with Gasteiger partial charge in [-0.05, 0) is 24.3 Å². The van der Waals surface area contributed by atoms with Crippen molar-refractivity contribution in [2.24, 2.45) is 0 Å². The highest BCUT2D eigenvalue weighted by molar-refractivity contribution is 5.93. The molecule has 0 aliphatic carbocycles. The molecule has 1 aliphatic heterocycles. The highest BCUT2D eigenvalue weighted by Gasteiger charge is 2.44. The number of hydrogen-bond acceptors (Lipinski definition) is 7. The number of hydroxylamine groups is 1. The Morgan fingerprint density at radius 3 is 2.48 bits per heavy atom. The average molecular weight is 320 g/mol. The van der Waals surface area contributed by atoms with Crippen LogP contribution in [0.25, 0.3) is 0 Å². The van der Waals surface area contributed by atoms with Crippen LogP contribution in [0.3, 0.4) is 0 Å². The first-order valence-corrected chi connectivity index (χ1v) is 6.51. The average Bonchev–Trinajstić information content (AvgIpc) is 3.25. The van der Waals surface area contributed by atoms with Gasteiger partial charge in [0.2, 0.25) is 5.88 Å². The molecule has 1 aromatic carbocycles.